The number of piperidine rings is 1. The minimum atomic E-state index is -0.266. The van der Waals surface area contributed by atoms with E-state index in [4.69, 9.17) is 5.73 Å². The van der Waals surface area contributed by atoms with Crippen LogP contribution in [0.25, 0.3) is 0 Å². The summed E-state index contributed by atoms with van der Waals surface area (Å²) in [6, 6.07) is 0. The molecule has 1 aliphatic heterocycles. The van der Waals surface area contributed by atoms with Gasteiger partial charge in [-0.2, -0.15) is 5.10 Å². The molecule has 23 heavy (non-hydrogen) atoms. The summed E-state index contributed by atoms with van der Waals surface area (Å²) in [5, 5.41) is 9.26. The number of carbonyl (C=O) groups excluding carboxylic acids is 3. The summed E-state index contributed by atoms with van der Waals surface area (Å²) in [6.45, 7) is 1.72. The third-order valence-electron chi connectivity index (χ3n) is 3.86. The molecule has 0 saturated carbocycles. The van der Waals surface area contributed by atoms with E-state index in [9.17, 15) is 14.4 Å². The molecule has 1 aromatic rings. The number of primary amides is 1. The number of hydrogen-bond donors (Lipinski definition) is 3. The Balaban J connectivity index is 1.77. The normalized spacial score (nSPS) is 16.0. The van der Waals surface area contributed by atoms with E-state index in [-0.39, 0.29) is 36.7 Å². The number of nitrogens with one attached hydrogen (secondary N) is 2. The topological polar surface area (TPSA) is 122 Å². The molecule has 126 valence electrons. The Morgan fingerprint density at radius 1 is 1.26 bits per heavy atom. The van der Waals surface area contributed by atoms with Crippen LogP contribution in [0, 0.1) is 5.92 Å². The first-order valence-corrected chi connectivity index (χ1v) is 7.52. The van der Waals surface area contributed by atoms with E-state index in [1.807, 2.05) is 4.90 Å². The Hall–Kier alpha value is -2.42. The van der Waals surface area contributed by atoms with Crippen LogP contribution in [0.2, 0.25) is 0 Å². The summed E-state index contributed by atoms with van der Waals surface area (Å²) in [4.78, 5) is 36.4. The van der Waals surface area contributed by atoms with Gasteiger partial charge in [-0.15, -0.1) is 0 Å². The molecule has 4 N–H and O–H groups in total. The fraction of sp³-hybridized carbons (Fsp3) is 0.571. The van der Waals surface area contributed by atoms with Gasteiger partial charge in [-0.05, 0) is 25.9 Å². The number of likely N-dealkylation sites (tertiary alicyclic amines) is 1. The Morgan fingerprint density at radius 3 is 2.57 bits per heavy atom. The molecule has 9 nitrogen and oxygen atoms in total. The zero-order chi connectivity index (χ0) is 16.8. The lowest BCUT2D eigenvalue weighted by Gasteiger charge is -2.29. The minimum absolute atomic E-state index is 0.0859. The highest BCUT2D eigenvalue weighted by Crippen LogP contribution is 2.16. The number of nitrogens with two attached hydrogens (primary N) is 1. The zero-order valence-electron chi connectivity index (χ0n) is 13.1. The maximum absolute atomic E-state index is 12.0. The lowest BCUT2D eigenvalue weighted by molar-refractivity contribution is -0.123. The first kappa shape index (κ1) is 16.9. The molecule has 1 aromatic heterocycles. The van der Waals surface area contributed by atoms with Crippen LogP contribution in [0.1, 0.15) is 12.8 Å². The quantitative estimate of drug-likeness (QED) is 0.605. The predicted octanol–water partition coefficient (Wildman–Crippen LogP) is -1.24. The molecular weight excluding hydrogens is 300 g/mol. The number of likely N-dealkylation sites (N-methyl/N-ethyl adjacent to an activating group) is 1. The van der Waals surface area contributed by atoms with Crippen molar-refractivity contribution >= 4 is 23.4 Å². The number of nitrogens with zero attached hydrogens (tertiary/aromatic N) is 3. The third-order valence-corrected chi connectivity index (χ3v) is 3.86. The van der Waals surface area contributed by atoms with Gasteiger partial charge in [0.25, 0.3) is 0 Å². The van der Waals surface area contributed by atoms with Crippen molar-refractivity contribution in [3.8, 4) is 0 Å². The second-order valence-corrected chi connectivity index (χ2v) is 5.60. The summed E-state index contributed by atoms with van der Waals surface area (Å²) >= 11 is 0. The van der Waals surface area contributed by atoms with Gasteiger partial charge >= 0.3 is 0 Å². The molecule has 2 rings (SSSR count). The van der Waals surface area contributed by atoms with E-state index in [1.54, 1.807) is 13.2 Å². The number of aromatic nitrogens is 2. The molecule has 0 atom stereocenters. The Morgan fingerprint density at radius 2 is 1.96 bits per heavy atom. The van der Waals surface area contributed by atoms with E-state index in [0.29, 0.717) is 31.6 Å². The van der Waals surface area contributed by atoms with E-state index in [1.165, 1.54) is 10.9 Å². The van der Waals surface area contributed by atoms with Crippen LogP contribution in [0.3, 0.4) is 0 Å². The van der Waals surface area contributed by atoms with Crippen molar-refractivity contribution in [2.45, 2.75) is 19.4 Å². The molecule has 0 unspecified atom stereocenters. The van der Waals surface area contributed by atoms with Crippen LogP contribution in [0.5, 0.6) is 0 Å². The number of carbonyl (C=O) groups is 3. The van der Waals surface area contributed by atoms with Gasteiger partial charge in [-0.1, -0.05) is 0 Å². The number of hydrogen-bond acceptors (Lipinski definition) is 5. The first-order chi connectivity index (χ1) is 11.0. The summed E-state index contributed by atoms with van der Waals surface area (Å²) in [6.07, 6.45) is 4.48. The second-order valence-electron chi connectivity index (χ2n) is 5.60. The van der Waals surface area contributed by atoms with E-state index < -0.39 is 0 Å². The van der Waals surface area contributed by atoms with Gasteiger partial charge in [-0.3, -0.25) is 24.0 Å². The molecule has 9 heteroatoms. The van der Waals surface area contributed by atoms with Gasteiger partial charge in [0.05, 0.1) is 18.4 Å². The molecule has 3 amide bonds. The Labute approximate surface area is 134 Å². The van der Waals surface area contributed by atoms with Gasteiger partial charge in [-0.25, -0.2) is 0 Å². The van der Waals surface area contributed by atoms with Crippen LogP contribution in [0.4, 0.5) is 5.69 Å². The van der Waals surface area contributed by atoms with Crippen molar-refractivity contribution in [3.05, 3.63) is 12.4 Å². The van der Waals surface area contributed by atoms with Gasteiger partial charge < -0.3 is 16.4 Å². The summed E-state index contributed by atoms with van der Waals surface area (Å²) < 4.78 is 1.45. The van der Waals surface area contributed by atoms with E-state index in [2.05, 4.69) is 15.7 Å². The molecule has 0 bridgehead atoms. The second kappa shape index (κ2) is 7.73. The van der Waals surface area contributed by atoms with Crippen molar-refractivity contribution < 1.29 is 14.4 Å². The monoisotopic (exact) mass is 322 g/mol. The number of amides is 3. The van der Waals surface area contributed by atoms with Crippen molar-refractivity contribution in [1.29, 1.82) is 0 Å². The SMILES string of the molecule is CNC(=O)Cn1cc(NC(=O)CN2CCC(C(N)=O)CC2)cn1. The van der Waals surface area contributed by atoms with Crippen LogP contribution in [-0.4, -0.2) is 59.1 Å². The van der Waals surface area contributed by atoms with Crippen LogP contribution in [0.15, 0.2) is 12.4 Å². The largest absolute Gasteiger partial charge is 0.369 e. The fourth-order valence-corrected chi connectivity index (χ4v) is 2.52. The standard InChI is InChI=1S/C14H22N6O3/c1-16-12(21)9-20-7-11(6-17-20)18-13(22)8-19-4-2-10(3-5-19)14(15)23/h6-7,10H,2-5,8-9H2,1H3,(H2,15,23)(H,16,21)(H,18,22). The number of anilines is 1. The van der Waals surface area contributed by atoms with Crippen LogP contribution in [-0.2, 0) is 20.9 Å². The minimum Gasteiger partial charge on any atom is -0.369 e. The molecular formula is C14H22N6O3. The average molecular weight is 322 g/mol. The average Bonchev–Trinajstić information content (AvgIpc) is 2.94. The van der Waals surface area contributed by atoms with Crippen molar-refractivity contribution in [2.24, 2.45) is 11.7 Å². The smallest absolute Gasteiger partial charge is 0.241 e. The van der Waals surface area contributed by atoms with Crippen LogP contribution < -0.4 is 16.4 Å². The summed E-state index contributed by atoms with van der Waals surface area (Å²) in [5.41, 5.74) is 5.84. The van der Waals surface area contributed by atoms with Crippen LogP contribution >= 0.6 is 0 Å². The van der Waals surface area contributed by atoms with Gasteiger partial charge in [0.2, 0.25) is 17.7 Å². The Kier molecular flexibility index (Phi) is 5.69. The highest BCUT2D eigenvalue weighted by atomic mass is 16.2. The lowest BCUT2D eigenvalue weighted by atomic mass is 9.96. The molecule has 1 aliphatic rings. The molecule has 0 radical (unpaired) electrons. The van der Waals surface area contributed by atoms with E-state index >= 15 is 0 Å². The number of rotatable bonds is 6. The van der Waals surface area contributed by atoms with Crippen molar-refractivity contribution in [3.63, 3.8) is 0 Å². The molecule has 0 aliphatic carbocycles. The molecule has 0 aromatic carbocycles. The third kappa shape index (κ3) is 5.06. The molecule has 0 spiro atoms. The van der Waals surface area contributed by atoms with Gasteiger partial charge in [0.15, 0.2) is 0 Å². The first-order valence-electron chi connectivity index (χ1n) is 7.52. The molecule has 2 heterocycles. The fourth-order valence-electron chi connectivity index (χ4n) is 2.52. The van der Waals surface area contributed by atoms with Crippen molar-refractivity contribution in [1.82, 2.24) is 20.0 Å². The Bertz CT molecular complexity index is 577. The van der Waals surface area contributed by atoms with Gasteiger partial charge in [0, 0.05) is 19.2 Å². The van der Waals surface area contributed by atoms with Gasteiger partial charge in [0.1, 0.15) is 6.54 Å². The lowest BCUT2D eigenvalue weighted by Crippen LogP contribution is -2.42. The zero-order valence-corrected chi connectivity index (χ0v) is 13.1. The molecule has 1 saturated heterocycles. The highest BCUT2D eigenvalue weighted by molar-refractivity contribution is 5.92. The summed E-state index contributed by atoms with van der Waals surface area (Å²) in [5.74, 6) is -0.666. The highest BCUT2D eigenvalue weighted by Gasteiger charge is 2.24. The predicted molar refractivity (Wildman–Crippen MR) is 83.3 cm³/mol. The van der Waals surface area contributed by atoms with Crippen molar-refractivity contribution in [2.75, 3.05) is 32.0 Å². The van der Waals surface area contributed by atoms with E-state index in [0.717, 1.165) is 0 Å². The maximum atomic E-state index is 12.0. The molecule has 1 fully saturated rings. The summed E-state index contributed by atoms with van der Waals surface area (Å²) in [7, 11) is 1.55. The maximum Gasteiger partial charge on any atom is 0.241 e.